The average Bonchev–Trinajstić information content (AvgIpc) is 2.99. The predicted octanol–water partition coefficient (Wildman–Crippen LogP) is 3.65. The number of allylic oxidation sites excluding steroid dienone is 1. The topological polar surface area (TPSA) is 77.5 Å². The van der Waals surface area contributed by atoms with Crippen LogP contribution in [0, 0.1) is 6.92 Å². The highest BCUT2D eigenvalue weighted by molar-refractivity contribution is 6.14. The molecule has 0 radical (unpaired) electrons. The number of anilines is 1. The van der Waals surface area contributed by atoms with Gasteiger partial charge >= 0.3 is 0 Å². The summed E-state index contributed by atoms with van der Waals surface area (Å²) in [5.74, 6) is 0.936. The summed E-state index contributed by atoms with van der Waals surface area (Å²) >= 11 is 0. The van der Waals surface area contributed by atoms with E-state index >= 15 is 0 Å². The Morgan fingerprint density at radius 3 is 2.67 bits per heavy atom. The first-order valence-electron chi connectivity index (χ1n) is 8.78. The molecular weight excluding hydrogens is 338 g/mol. The summed E-state index contributed by atoms with van der Waals surface area (Å²) in [6, 6.07) is 14.4. The van der Waals surface area contributed by atoms with E-state index in [2.05, 4.69) is 33.2 Å². The van der Waals surface area contributed by atoms with Crippen molar-refractivity contribution in [1.82, 2.24) is 9.55 Å². The summed E-state index contributed by atoms with van der Waals surface area (Å²) in [4.78, 5) is 14.4. The van der Waals surface area contributed by atoms with Gasteiger partial charge in [-0.3, -0.25) is 15.3 Å². The van der Waals surface area contributed by atoms with Gasteiger partial charge in [0.05, 0.1) is 24.0 Å². The molecule has 0 spiro atoms. The van der Waals surface area contributed by atoms with E-state index in [0.717, 1.165) is 45.9 Å². The molecule has 0 saturated carbocycles. The minimum Gasteiger partial charge on any atom is -0.404 e. The second kappa shape index (κ2) is 8.05. The van der Waals surface area contributed by atoms with Crippen LogP contribution < -0.4 is 11.2 Å². The first-order chi connectivity index (χ1) is 13.1. The Hall–Kier alpha value is -3.12. The molecule has 3 N–H and O–H groups in total. The number of fused-ring (bicyclic) bond motifs is 1. The lowest BCUT2D eigenvalue weighted by atomic mass is 10.0. The number of imidazole rings is 1. The summed E-state index contributed by atoms with van der Waals surface area (Å²) < 4.78 is 2.20. The van der Waals surface area contributed by atoms with Crippen LogP contribution in [0.1, 0.15) is 23.9 Å². The Balaban J connectivity index is 2.21. The molecule has 6 nitrogen and oxygen atoms in total. The van der Waals surface area contributed by atoms with Crippen LogP contribution in [-0.2, 0) is 11.4 Å². The fourth-order valence-electron chi connectivity index (χ4n) is 3.24. The smallest absolute Gasteiger partial charge is 0.114 e. The Labute approximate surface area is 159 Å². The van der Waals surface area contributed by atoms with Crippen LogP contribution >= 0.6 is 0 Å². The van der Waals surface area contributed by atoms with Gasteiger partial charge in [-0.25, -0.2) is 4.98 Å². The largest absolute Gasteiger partial charge is 0.404 e. The third-order valence-electron chi connectivity index (χ3n) is 4.56. The molecule has 140 valence electrons. The second-order valence-corrected chi connectivity index (χ2v) is 6.35. The van der Waals surface area contributed by atoms with Gasteiger partial charge in [0, 0.05) is 19.2 Å². The van der Waals surface area contributed by atoms with E-state index in [4.69, 9.17) is 15.6 Å². The number of aliphatic imine (C=N–C) groups is 1. The van der Waals surface area contributed by atoms with Gasteiger partial charge in [-0.2, -0.15) is 0 Å². The van der Waals surface area contributed by atoms with E-state index in [1.54, 1.807) is 20.4 Å². The number of rotatable bonds is 6. The molecule has 2 aromatic carbocycles. The number of nitrogens with one attached hydrogen (secondary N) is 1. The van der Waals surface area contributed by atoms with E-state index in [1.165, 1.54) is 5.56 Å². The molecule has 0 unspecified atom stereocenters. The number of aryl methyl sites for hydroxylation is 1. The lowest BCUT2D eigenvalue weighted by molar-refractivity contribution is 0.271. The molecule has 0 bridgehead atoms. The molecule has 3 rings (SSSR count). The van der Waals surface area contributed by atoms with Crippen molar-refractivity contribution in [3.05, 3.63) is 71.2 Å². The number of hydrogen-bond acceptors (Lipinski definition) is 5. The van der Waals surface area contributed by atoms with Gasteiger partial charge in [0.25, 0.3) is 0 Å². The number of nitrogens with two attached hydrogens (primary N) is 1. The van der Waals surface area contributed by atoms with Crippen LogP contribution in [0.25, 0.3) is 11.0 Å². The van der Waals surface area contributed by atoms with Crippen LogP contribution in [0.3, 0.4) is 0 Å². The van der Waals surface area contributed by atoms with E-state index in [-0.39, 0.29) is 0 Å². The van der Waals surface area contributed by atoms with Crippen molar-refractivity contribution >= 4 is 22.4 Å². The summed E-state index contributed by atoms with van der Waals surface area (Å²) in [5, 5.41) is 0. The normalized spacial score (nSPS) is 12.6. The summed E-state index contributed by atoms with van der Waals surface area (Å²) in [5.41, 5.74) is 15.3. The van der Waals surface area contributed by atoms with Crippen molar-refractivity contribution in [2.75, 3.05) is 19.6 Å². The highest BCUT2D eigenvalue weighted by Crippen LogP contribution is 2.28. The summed E-state index contributed by atoms with van der Waals surface area (Å²) in [6.45, 7) is 4.70. The molecule has 0 aliphatic heterocycles. The van der Waals surface area contributed by atoms with Gasteiger partial charge in [-0.15, -0.1) is 0 Å². The maximum atomic E-state index is 5.73. The Morgan fingerprint density at radius 2 is 2.04 bits per heavy atom. The fraction of sp³-hybridized carbons (Fsp3) is 0.238. The molecule has 0 amide bonds. The van der Waals surface area contributed by atoms with Gasteiger partial charge in [0.2, 0.25) is 0 Å². The molecule has 1 aromatic heterocycles. The fourth-order valence-corrected chi connectivity index (χ4v) is 3.24. The summed E-state index contributed by atoms with van der Waals surface area (Å²) in [6.07, 6.45) is 1.57. The van der Waals surface area contributed by atoms with Crippen LogP contribution in [0.4, 0.5) is 5.69 Å². The van der Waals surface area contributed by atoms with Crippen LogP contribution in [0.5, 0.6) is 0 Å². The molecule has 27 heavy (non-hydrogen) atoms. The highest BCUT2D eigenvalue weighted by atomic mass is 16.6. The van der Waals surface area contributed by atoms with Gasteiger partial charge < -0.3 is 10.3 Å². The third kappa shape index (κ3) is 3.71. The minimum atomic E-state index is 0.739. The Bertz CT molecular complexity index is 1000. The molecule has 1 heterocycles. The first kappa shape index (κ1) is 18.7. The average molecular weight is 363 g/mol. The van der Waals surface area contributed by atoms with Gasteiger partial charge in [0.15, 0.2) is 0 Å². The molecule has 0 atom stereocenters. The van der Waals surface area contributed by atoms with Crippen molar-refractivity contribution in [3.8, 4) is 0 Å². The van der Waals surface area contributed by atoms with E-state index in [9.17, 15) is 0 Å². The quantitative estimate of drug-likeness (QED) is 0.518. The summed E-state index contributed by atoms with van der Waals surface area (Å²) in [7, 11) is 3.36. The SMILES string of the molecule is CN=C(C(C)=CN)c1cc(NOC)c2nc(C)n(Cc3ccccc3)c2c1. The number of aromatic nitrogens is 2. The van der Waals surface area contributed by atoms with Crippen molar-refractivity contribution in [1.29, 1.82) is 0 Å². The van der Waals surface area contributed by atoms with Crippen LogP contribution in [0.15, 0.2) is 59.2 Å². The predicted molar refractivity (Wildman–Crippen MR) is 111 cm³/mol. The van der Waals surface area contributed by atoms with E-state index in [0.29, 0.717) is 0 Å². The third-order valence-corrected chi connectivity index (χ3v) is 4.56. The lowest BCUT2D eigenvalue weighted by Crippen LogP contribution is -2.08. The lowest BCUT2D eigenvalue weighted by Gasteiger charge is -2.12. The highest BCUT2D eigenvalue weighted by Gasteiger charge is 2.16. The molecular formula is C21H25N5O. The van der Waals surface area contributed by atoms with Crippen LogP contribution in [-0.4, -0.2) is 29.4 Å². The molecule has 3 aromatic rings. The van der Waals surface area contributed by atoms with Crippen molar-refractivity contribution in [3.63, 3.8) is 0 Å². The molecule has 0 fully saturated rings. The molecule has 0 aliphatic rings. The number of hydrogen-bond donors (Lipinski definition) is 2. The molecule has 0 aliphatic carbocycles. The minimum absolute atomic E-state index is 0.739. The zero-order valence-corrected chi connectivity index (χ0v) is 16.2. The first-order valence-corrected chi connectivity index (χ1v) is 8.78. The second-order valence-electron chi connectivity index (χ2n) is 6.35. The van der Waals surface area contributed by atoms with E-state index in [1.807, 2.05) is 38.1 Å². The van der Waals surface area contributed by atoms with Crippen LogP contribution in [0.2, 0.25) is 0 Å². The van der Waals surface area contributed by atoms with E-state index < -0.39 is 0 Å². The van der Waals surface area contributed by atoms with Crippen molar-refractivity contribution < 1.29 is 4.84 Å². The zero-order chi connectivity index (χ0) is 19.4. The number of benzene rings is 2. The Morgan fingerprint density at radius 1 is 1.30 bits per heavy atom. The standard InChI is InChI=1S/C21H25N5O/c1-14(12-22)20(23-3)17-10-18(25-27-4)21-19(11-17)26(15(2)24-21)13-16-8-6-5-7-9-16/h5-12,25H,13,22H2,1-4H3. The monoisotopic (exact) mass is 363 g/mol. The van der Waals surface area contributed by atoms with Gasteiger partial charge in [0.1, 0.15) is 11.3 Å². The Kier molecular flexibility index (Phi) is 5.57. The molecule has 0 saturated heterocycles. The van der Waals surface area contributed by atoms with Gasteiger partial charge in [-0.1, -0.05) is 30.3 Å². The number of nitrogens with zero attached hydrogens (tertiary/aromatic N) is 3. The maximum absolute atomic E-state index is 5.73. The van der Waals surface area contributed by atoms with Gasteiger partial charge in [-0.05, 0) is 43.3 Å². The van der Waals surface area contributed by atoms with Crippen molar-refractivity contribution in [2.45, 2.75) is 20.4 Å². The van der Waals surface area contributed by atoms with Crippen molar-refractivity contribution in [2.24, 2.45) is 10.7 Å². The molecule has 6 heteroatoms. The zero-order valence-electron chi connectivity index (χ0n) is 16.2. The maximum Gasteiger partial charge on any atom is 0.114 e.